The summed E-state index contributed by atoms with van der Waals surface area (Å²) in [7, 11) is 0. The first-order valence-electron chi connectivity index (χ1n) is 11.5. The molecule has 2 N–H and O–H groups in total. The maximum atomic E-state index is 12.0. The molecule has 0 aromatic heterocycles. The first-order chi connectivity index (χ1) is 13.0. The quantitative estimate of drug-likeness (QED) is 0.251. The number of hydrogen-bond donors (Lipinski definition) is 2. The maximum Gasteiger partial charge on any atom is 0.305 e. The number of amides is 1. The Morgan fingerprint density at radius 1 is 0.778 bits per heavy atom. The van der Waals surface area contributed by atoms with Crippen molar-refractivity contribution >= 4 is 11.9 Å². The Morgan fingerprint density at radius 3 is 1.63 bits per heavy atom. The number of carbonyl (C=O) groups excluding carboxylic acids is 1. The first-order valence-corrected chi connectivity index (χ1v) is 11.5. The topological polar surface area (TPSA) is 66.4 Å². The van der Waals surface area contributed by atoms with E-state index in [1.54, 1.807) is 0 Å². The highest BCUT2D eigenvalue weighted by Gasteiger charge is 2.17. The molecule has 4 heteroatoms. The lowest BCUT2D eigenvalue weighted by atomic mass is 10.0. The minimum atomic E-state index is -0.845. The smallest absolute Gasteiger partial charge is 0.305 e. The molecular formula is C23H45NO3. The predicted octanol–water partition coefficient (Wildman–Crippen LogP) is 6.47. The summed E-state index contributed by atoms with van der Waals surface area (Å²) in [4.78, 5) is 22.9. The van der Waals surface area contributed by atoms with Crippen molar-refractivity contribution in [2.45, 2.75) is 130 Å². The fourth-order valence-corrected chi connectivity index (χ4v) is 3.58. The van der Waals surface area contributed by atoms with Gasteiger partial charge in [0.05, 0.1) is 6.42 Å². The van der Waals surface area contributed by atoms with E-state index in [-0.39, 0.29) is 18.4 Å². The summed E-state index contributed by atoms with van der Waals surface area (Å²) in [5.74, 6) is -0.460. The van der Waals surface area contributed by atoms with Gasteiger partial charge in [0, 0.05) is 12.5 Å². The highest BCUT2D eigenvalue weighted by atomic mass is 16.4. The molecule has 0 fully saturated rings. The van der Waals surface area contributed by atoms with Gasteiger partial charge in [-0.1, -0.05) is 97.8 Å². The summed E-state index contributed by atoms with van der Waals surface area (Å²) in [5.41, 5.74) is 0. The largest absolute Gasteiger partial charge is 0.481 e. The lowest BCUT2D eigenvalue weighted by Crippen LogP contribution is -2.37. The maximum absolute atomic E-state index is 12.0. The van der Waals surface area contributed by atoms with Crippen molar-refractivity contribution in [2.24, 2.45) is 5.92 Å². The Morgan fingerprint density at radius 2 is 1.22 bits per heavy atom. The Balaban J connectivity index is 3.52. The molecule has 0 rings (SSSR count). The van der Waals surface area contributed by atoms with Gasteiger partial charge in [-0.05, 0) is 18.8 Å². The highest BCUT2D eigenvalue weighted by Crippen LogP contribution is 2.13. The van der Waals surface area contributed by atoms with E-state index in [9.17, 15) is 9.59 Å². The summed E-state index contributed by atoms with van der Waals surface area (Å²) < 4.78 is 0. The van der Waals surface area contributed by atoms with Crippen LogP contribution >= 0.6 is 0 Å². The summed E-state index contributed by atoms with van der Waals surface area (Å²) >= 11 is 0. The van der Waals surface area contributed by atoms with E-state index < -0.39 is 5.97 Å². The van der Waals surface area contributed by atoms with Crippen LogP contribution in [0.1, 0.15) is 124 Å². The van der Waals surface area contributed by atoms with Gasteiger partial charge in [0.2, 0.25) is 5.91 Å². The molecule has 0 aromatic rings. The van der Waals surface area contributed by atoms with E-state index in [4.69, 9.17) is 5.11 Å². The van der Waals surface area contributed by atoms with Crippen molar-refractivity contribution in [1.29, 1.82) is 0 Å². The predicted molar refractivity (Wildman–Crippen MR) is 114 cm³/mol. The molecule has 0 aromatic carbocycles. The van der Waals surface area contributed by atoms with Crippen molar-refractivity contribution in [1.82, 2.24) is 5.32 Å². The molecule has 0 radical (unpaired) electrons. The molecule has 0 heterocycles. The molecule has 0 bridgehead atoms. The van der Waals surface area contributed by atoms with Gasteiger partial charge in [-0.3, -0.25) is 9.59 Å². The molecule has 160 valence electrons. The molecule has 0 aliphatic rings. The molecule has 0 unspecified atom stereocenters. The highest BCUT2D eigenvalue weighted by molar-refractivity contribution is 5.77. The SMILES string of the molecule is CCCCCCCCCCCCCCCC(=O)N[C@@H](CC(=O)O)CC(C)C. The van der Waals surface area contributed by atoms with Crippen LogP contribution in [0.4, 0.5) is 0 Å². The van der Waals surface area contributed by atoms with Gasteiger partial charge >= 0.3 is 5.97 Å². The molecule has 0 saturated heterocycles. The molecular weight excluding hydrogens is 338 g/mol. The van der Waals surface area contributed by atoms with E-state index in [1.165, 1.54) is 70.6 Å². The molecule has 4 nitrogen and oxygen atoms in total. The zero-order valence-corrected chi connectivity index (χ0v) is 18.2. The number of nitrogens with one attached hydrogen (secondary N) is 1. The molecule has 0 aliphatic heterocycles. The number of carboxylic acid groups (broad SMARTS) is 1. The Labute approximate surface area is 167 Å². The van der Waals surface area contributed by atoms with Crippen LogP contribution in [0.5, 0.6) is 0 Å². The minimum absolute atomic E-state index is 0.00460. The number of hydrogen-bond acceptors (Lipinski definition) is 2. The van der Waals surface area contributed by atoms with Gasteiger partial charge < -0.3 is 10.4 Å². The van der Waals surface area contributed by atoms with E-state index in [2.05, 4.69) is 12.2 Å². The lowest BCUT2D eigenvalue weighted by Gasteiger charge is -2.18. The zero-order chi connectivity index (χ0) is 20.3. The summed E-state index contributed by atoms with van der Waals surface area (Å²) in [6, 6.07) is -0.239. The lowest BCUT2D eigenvalue weighted by molar-refractivity contribution is -0.137. The van der Waals surface area contributed by atoms with Crippen LogP contribution in [0.2, 0.25) is 0 Å². The van der Waals surface area contributed by atoms with Crippen molar-refractivity contribution in [2.75, 3.05) is 0 Å². The third-order valence-electron chi connectivity index (χ3n) is 5.05. The average molecular weight is 384 g/mol. The van der Waals surface area contributed by atoms with Gasteiger partial charge in [0.1, 0.15) is 0 Å². The zero-order valence-electron chi connectivity index (χ0n) is 18.2. The normalized spacial score (nSPS) is 12.3. The summed E-state index contributed by atoms with van der Waals surface area (Å²) in [6.07, 6.45) is 18.1. The summed E-state index contributed by atoms with van der Waals surface area (Å²) in [5, 5.41) is 11.9. The molecule has 0 saturated carbocycles. The van der Waals surface area contributed by atoms with E-state index in [0.29, 0.717) is 12.3 Å². The van der Waals surface area contributed by atoms with Crippen LogP contribution in [0.25, 0.3) is 0 Å². The summed E-state index contributed by atoms with van der Waals surface area (Å²) in [6.45, 7) is 6.36. The number of carboxylic acids is 1. The minimum Gasteiger partial charge on any atom is -0.481 e. The van der Waals surface area contributed by atoms with E-state index in [0.717, 1.165) is 19.3 Å². The fraction of sp³-hybridized carbons (Fsp3) is 0.913. The van der Waals surface area contributed by atoms with Crippen LogP contribution in [0, 0.1) is 5.92 Å². The van der Waals surface area contributed by atoms with Crippen LogP contribution in [0.15, 0.2) is 0 Å². The Bertz CT molecular complexity index is 369. The number of carbonyl (C=O) groups is 2. The average Bonchev–Trinajstić information content (AvgIpc) is 2.57. The third-order valence-corrected chi connectivity index (χ3v) is 5.05. The van der Waals surface area contributed by atoms with E-state index in [1.807, 2.05) is 13.8 Å². The second-order valence-electron chi connectivity index (χ2n) is 8.48. The standard InChI is InChI=1S/C23H45NO3/c1-4-5-6-7-8-9-10-11-12-13-14-15-16-17-22(25)24-21(18-20(2)3)19-23(26)27/h20-21H,4-19H2,1-3H3,(H,24,25)(H,26,27)/t21-/m1/s1. The Hall–Kier alpha value is -1.06. The number of rotatable bonds is 19. The third kappa shape index (κ3) is 19.5. The van der Waals surface area contributed by atoms with Crippen LogP contribution in [0.3, 0.4) is 0 Å². The van der Waals surface area contributed by atoms with Crippen molar-refractivity contribution in [3.8, 4) is 0 Å². The van der Waals surface area contributed by atoms with Crippen molar-refractivity contribution < 1.29 is 14.7 Å². The van der Waals surface area contributed by atoms with Crippen LogP contribution < -0.4 is 5.32 Å². The van der Waals surface area contributed by atoms with Gasteiger partial charge in [-0.25, -0.2) is 0 Å². The molecule has 0 aliphatic carbocycles. The van der Waals surface area contributed by atoms with E-state index >= 15 is 0 Å². The van der Waals surface area contributed by atoms with Gasteiger partial charge in [-0.2, -0.15) is 0 Å². The molecule has 27 heavy (non-hydrogen) atoms. The van der Waals surface area contributed by atoms with Crippen LogP contribution in [-0.4, -0.2) is 23.0 Å². The molecule has 0 spiro atoms. The number of unbranched alkanes of at least 4 members (excludes halogenated alkanes) is 12. The van der Waals surface area contributed by atoms with Gasteiger partial charge in [-0.15, -0.1) is 0 Å². The molecule has 1 atom stereocenters. The van der Waals surface area contributed by atoms with Crippen LogP contribution in [-0.2, 0) is 9.59 Å². The van der Waals surface area contributed by atoms with Crippen molar-refractivity contribution in [3.63, 3.8) is 0 Å². The van der Waals surface area contributed by atoms with Gasteiger partial charge in [0.15, 0.2) is 0 Å². The van der Waals surface area contributed by atoms with Crippen molar-refractivity contribution in [3.05, 3.63) is 0 Å². The van der Waals surface area contributed by atoms with Gasteiger partial charge in [0.25, 0.3) is 0 Å². The second-order valence-corrected chi connectivity index (χ2v) is 8.48. The number of aliphatic carboxylic acids is 1. The monoisotopic (exact) mass is 383 g/mol. The molecule has 1 amide bonds. The fourth-order valence-electron chi connectivity index (χ4n) is 3.58. The second kappa shape index (κ2) is 18.3. The Kier molecular flexibility index (Phi) is 17.6. The first kappa shape index (κ1) is 25.9.